The number of hydrogen-bond acceptors (Lipinski definition) is 4. The zero-order valence-electron chi connectivity index (χ0n) is 14.8. The van der Waals surface area contributed by atoms with Crippen molar-refractivity contribution in [2.24, 2.45) is 0 Å². The molecular weight excluding hydrogens is 320 g/mol. The maximum absolute atomic E-state index is 12.7. The molecule has 2 fully saturated rings. The van der Waals surface area contributed by atoms with Gasteiger partial charge in [0.25, 0.3) is 0 Å². The maximum atomic E-state index is 12.7. The van der Waals surface area contributed by atoms with E-state index in [4.69, 9.17) is 4.74 Å². The Balaban J connectivity index is 1.46. The molecular formula is C18H26N4O3. The predicted molar refractivity (Wildman–Crippen MR) is 95.8 cm³/mol. The van der Waals surface area contributed by atoms with Gasteiger partial charge in [0.05, 0.1) is 6.61 Å². The minimum absolute atomic E-state index is 0.0798. The van der Waals surface area contributed by atoms with E-state index in [0.29, 0.717) is 32.8 Å². The SMILES string of the molecule is CCOC(=O)N1CCN(C(=O)N2CCN(c3ccccc3)CC2)CC1. The third kappa shape index (κ3) is 4.15. The van der Waals surface area contributed by atoms with Crippen molar-refractivity contribution in [3.63, 3.8) is 0 Å². The first-order chi connectivity index (χ1) is 12.2. The standard InChI is InChI=1S/C18H26N4O3/c1-2-25-18(24)22-14-12-21(13-15-22)17(23)20-10-8-19(9-11-20)16-6-4-3-5-7-16/h3-7H,2,8-15H2,1H3. The predicted octanol–water partition coefficient (Wildman–Crippen LogP) is 1.70. The van der Waals surface area contributed by atoms with Crippen LogP contribution in [0.15, 0.2) is 30.3 Å². The van der Waals surface area contributed by atoms with E-state index < -0.39 is 0 Å². The van der Waals surface area contributed by atoms with Crippen molar-refractivity contribution in [3.8, 4) is 0 Å². The van der Waals surface area contributed by atoms with Crippen LogP contribution >= 0.6 is 0 Å². The molecule has 0 spiro atoms. The van der Waals surface area contributed by atoms with Crippen molar-refractivity contribution in [2.75, 3.05) is 63.9 Å². The summed E-state index contributed by atoms with van der Waals surface area (Å²) in [5, 5.41) is 0. The largest absolute Gasteiger partial charge is 0.450 e. The molecule has 2 aliphatic heterocycles. The Morgan fingerprint density at radius 3 is 1.92 bits per heavy atom. The van der Waals surface area contributed by atoms with Crippen LogP contribution in [0.3, 0.4) is 0 Å². The molecule has 0 aliphatic carbocycles. The zero-order valence-corrected chi connectivity index (χ0v) is 14.8. The van der Waals surface area contributed by atoms with Crippen LogP contribution in [-0.2, 0) is 4.74 Å². The lowest BCUT2D eigenvalue weighted by Gasteiger charge is -2.40. The van der Waals surface area contributed by atoms with Gasteiger partial charge in [0.2, 0.25) is 0 Å². The van der Waals surface area contributed by atoms with Gasteiger partial charge in [0.15, 0.2) is 0 Å². The molecule has 1 aromatic rings. The number of carbonyl (C=O) groups excluding carboxylic acids is 2. The fraction of sp³-hybridized carbons (Fsp3) is 0.556. The number of para-hydroxylation sites is 1. The summed E-state index contributed by atoms with van der Waals surface area (Å²) in [5.41, 5.74) is 1.21. The molecule has 7 nitrogen and oxygen atoms in total. The van der Waals surface area contributed by atoms with Gasteiger partial charge in [0.1, 0.15) is 0 Å². The van der Waals surface area contributed by atoms with Gasteiger partial charge < -0.3 is 24.3 Å². The van der Waals surface area contributed by atoms with E-state index in [1.807, 2.05) is 28.0 Å². The van der Waals surface area contributed by atoms with Crippen molar-refractivity contribution < 1.29 is 14.3 Å². The van der Waals surface area contributed by atoms with Gasteiger partial charge in [-0.3, -0.25) is 0 Å². The van der Waals surface area contributed by atoms with E-state index in [1.165, 1.54) is 5.69 Å². The maximum Gasteiger partial charge on any atom is 0.409 e. The van der Waals surface area contributed by atoms with Crippen LogP contribution in [0.25, 0.3) is 0 Å². The third-order valence-electron chi connectivity index (χ3n) is 4.75. The highest BCUT2D eigenvalue weighted by Gasteiger charge is 2.29. The molecule has 7 heteroatoms. The van der Waals surface area contributed by atoms with Crippen LogP contribution in [-0.4, -0.2) is 85.8 Å². The van der Waals surface area contributed by atoms with Crippen molar-refractivity contribution in [1.82, 2.24) is 14.7 Å². The Hall–Kier alpha value is -2.44. The molecule has 3 rings (SSSR count). The summed E-state index contributed by atoms with van der Waals surface area (Å²) in [6, 6.07) is 10.4. The number of urea groups is 1. The number of nitrogens with zero attached hydrogens (tertiary/aromatic N) is 4. The Morgan fingerprint density at radius 2 is 1.36 bits per heavy atom. The van der Waals surface area contributed by atoms with E-state index in [2.05, 4.69) is 17.0 Å². The van der Waals surface area contributed by atoms with Crippen LogP contribution in [0.1, 0.15) is 6.92 Å². The smallest absolute Gasteiger partial charge is 0.409 e. The average Bonchev–Trinajstić information content (AvgIpc) is 2.68. The lowest BCUT2D eigenvalue weighted by Crippen LogP contribution is -2.57. The molecule has 0 N–H and O–H groups in total. The topological polar surface area (TPSA) is 56.3 Å². The highest BCUT2D eigenvalue weighted by Crippen LogP contribution is 2.16. The minimum atomic E-state index is -0.286. The van der Waals surface area contributed by atoms with Crippen LogP contribution < -0.4 is 4.90 Å². The average molecular weight is 346 g/mol. The number of hydrogen-bond donors (Lipinski definition) is 0. The van der Waals surface area contributed by atoms with E-state index in [1.54, 1.807) is 11.8 Å². The Kier molecular flexibility index (Phi) is 5.63. The molecule has 136 valence electrons. The molecule has 2 aliphatic rings. The molecule has 3 amide bonds. The summed E-state index contributed by atoms with van der Waals surface area (Å²) in [5.74, 6) is 0. The Morgan fingerprint density at radius 1 is 0.840 bits per heavy atom. The van der Waals surface area contributed by atoms with Gasteiger partial charge >= 0.3 is 12.1 Å². The van der Waals surface area contributed by atoms with Crippen molar-refractivity contribution in [1.29, 1.82) is 0 Å². The first-order valence-corrected chi connectivity index (χ1v) is 8.94. The van der Waals surface area contributed by atoms with Crippen LogP contribution in [0.2, 0.25) is 0 Å². The number of amides is 3. The van der Waals surface area contributed by atoms with E-state index in [9.17, 15) is 9.59 Å². The van der Waals surface area contributed by atoms with E-state index in [-0.39, 0.29) is 12.1 Å². The van der Waals surface area contributed by atoms with Gasteiger partial charge in [0, 0.05) is 58.0 Å². The van der Waals surface area contributed by atoms with Gasteiger partial charge in [-0.05, 0) is 19.1 Å². The highest BCUT2D eigenvalue weighted by molar-refractivity contribution is 5.75. The quantitative estimate of drug-likeness (QED) is 0.818. The highest BCUT2D eigenvalue weighted by atomic mass is 16.6. The second kappa shape index (κ2) is 8.09. The fourth-order valence-corrected chi connectivity index (χ4v) is 3.29. The molecule has 0 aromatic heterocycles. The van der Waals surface area contributed by atoms with Crippen LogP contribution in [0.4, 0.5) is 15.3 Å². The molecule has 0 unspecified atom stereocenters. The Bertz CT molecular complexity index is 579. The van der Waals surface area contributed by atoms with Crippen molar-refractivity contribution in [2.45, 2.75) is 6.92 Å². The van der Waals surface area contributed by atoms with E-state index >= 15 is 0 Å². The number of ether oxygens (including phenoxy) is 1. The normalized spacial score (nSPS) is 18.3. The number of anilines is 1. The van der Waals surface area contributed by atoms with Crippen LogP contribution in [0, 0.1) is 0 Å². The lowest BCUT2D eigenvalue weighted by molar-refractivity contribution is 0.0781. The Labute approximate surface area is 148 Å². The summed E-state index contributed by atoms with van der Waals surface area (Å²) in [4.78, 5) is 32.2. The second-order valence-corrected chi connectivity index (χ2v) is 6.27. The van der Waals surface area contributed by atoms with Gasteiger partial charge in [-0.1, -0.05) is 18.2 Å². The summed E-state index contributed by atoms with van der Waals surface area (Å²) in [6.07, 6.45) is -0.286. The van der Waals surface area contributed by atoms with Crippen molar-refractivity contribution in [3.05, 3.63) is 30.3 Å². The molecule has 0 radical (unpaired) electrons. The van der Waals surface area contributed by atoms with Gasteiger partial charge in [-0.25, -0.2) is 9.59 Å². The molecule has 25 heavy (non-hydrogen) atoms. The van der Waals surface area contributed by atoms with Crippen molar-refractivity contribution >= 4 is 17.8 Å². The van der Waals surface area contributed by atoms with E-state index in [0.717, 1.165) is 26.2 Å². The summed E-state index contributed by atoms with van der Waals surface area (Å²) in [7, 11) is 0. The number of benzene rings is 1. The zero-order chi connectivity index (χ0) is 17.6. The second-order valence-electron chi connectivity index (χ2n) is 6.27. The number of carbonyl (C=O) groups is 2. The lowest BCUT2D eigenvalue weighted by atomic mass is 10.2. The number of rotatable bonds is 2. The summed E-state index contributed by atoms with van der Waals surface area (Å²) >= 11 is 0. The molecule has 0 bridgehead atoms. The fourth-order valence-electron chi connectivity index (χ4n) is 3.29. The summed E-state index contributed by atoms with van der Waals surface area (Å²) in [6.45, 7) is 7.53. The molecule has 2 heterocycles. The van der Waals surface area contributed by atoms with Gasteiger partial charge in [-0.15, -0.1) is 0 Å². The molecule has 0 saturated carbocycles. The third-order valence-corrected chi connectivity index (χ3v) is 4.75. The molecule has 0 atom stereocenters. The van der Waals surface area contributed by atoms with Gasteiger partial charge in [-0.2, -0.15) is 0 Å². The molecule has 1 aromatic carbocycles. The minimum Gasteiger partial charge on any atom is -0.450 e. The monoisotopic (exact) mass is 346 g/mol. The molecule has 2 saturated heterocycles. The summed E-state index contributed by atoms with van der Waals surface area (Å²) < 4.78 is 5.01. The first kappa shape index (κ1) is 17.4. The number of piperazine rings is 2. The first-order valence-electron chi connectivity index (χ1n) is 8.94. The van der Waals surface area contributed by atoms with Crippen LogP contribution in [0.5, 0.6) is 0 Å².